The fourth-order valence-corrected chi connectivity index (χ4v) is 6.32. The predicted octanol–water partition coefficient (Wildman–Crippen LogP) is 4.52. The van der Waals surface area contributed by atoms with Gasteiger partial charge in [-0.1, -0.05) is 36.7 Å². The van der Waals surface area contributed by atoms with Gasteiger partial charge in [0.1, 0.15) is 23.3 Å². The van der Waals surface area contributed by atoms with Crippen LogP contribution in [0.1, 0.15) is 65.5 Å². The van der Waals surface area contributed by atoms with E-state index in [9.17, 15) is 15.5 Å². The highest BCUT2D eigenvalue weighted by Gasteiger charge is 2.51. The third kappa shape index (κ3) is 5.22. The number of benzene rings is 2. The molecule has 2 aromatic carbocycles. The number of aryl methyl sites for hydroxylation is 1. The normalized spacial score (nSPS) is 22.9. The summed E-state index contributed by atoms with van der Waals surface area (Å²) < 4.78 is 25.3. The van der Waals surface area contributed by atoms with E-state index in [1.54, 1.807) is 29.2 Å². The molecule has 0 spiro atoms. The van der Waals surface area contributed by atoms with Crippen molar-refractivity contribution in [2.45, 2.75) is 56.7 Å². The molecule has 9 nitrogen and oxygen atoms in total. The fraction of sp³-hybridized carbons (Fsp3) is 0.375. The topological polar surface area (TPSA) is 120 Å². The van der Waals surface area contributed by atoms with Crippen LogP contribution in [0.3, 0.4) is 0 Å². The third-order valence-electron chi connectivity index (χ3n) is 8.58. The van der Waals surface area contributed by atoms with Crippen molar-refractivity contribution >= 4 is 11.6 Å². The maximum atomic E-state index is 16.7. The van der Waals surface area contributed by atoms with E-state index in [-0.39, 0.29) is 38.1 Å². The second-order valence-electron chi connectivity index (χ2n) is 11.4. The number of aliphatic hydroxyl groups is 2. The first-order chi connectivity index (χ1) is 20.7. The number of ether oxygens (including phenoxy) is 1. The summed E-state index contributed by atoms with van der Waals surface area (Å²) >= 11 is 6.27. The molecule has 1 unspecified atom stereocenters. The molecule has 0 bridgehead atoms. The second-order valence-corrected chi connectivity index (χ2v) is 11.9. The third-order valence-corrected chi connectivity index (χ3v) is 8.83. The summed E-state index contributed by atoms with van der Waals surface area (Å²) in [5.74, 6) is 0.0297. The van der Waals surface area contributed by atoms with Crippen LogP contribution in [-0.2, 0) is 36.2 Å². The van der Waals surface area contributed by atoms with Crippen LogP contribution >= 0.6 is 11.6 Å². The molecule has 1 aliphatic heterocycles. The van der Waals surface area contributed by atoms with Crippen molar-refractivity contribution in [3.8, 4) is 6.07 Å². The highest BCUT2D eigenvalue weighted by molar-refractivity contribution is 6.30. The summed E-state index contributed by atoms with van der Waals surface area (Å²) in [6.45, 7) is 2.57. The van der Waals surface area contributed by atoms with Crippen molar-refractivity contribution in [2.24, 2.45) is 13.0 Å². The Balaban J connectivity index is 1.50. The van der Waals surface area contributed by atoms with Crippen LogP contribution in [0.5, 0.6) is 0 Å². The van der Waals surface area contributed by atoms with E-state index in [1.165, 1.54) is 18.5 Å². The SMILES string of the molecule is CCC(O)(c1cc(F)c2c(c1)CN(Cc1ncc(C#N)cn1)[C@@]2(OCC1CC(O)C1)c1ccc(Cl)cc1)c1cn(C)cn1. The number of rotatable bonds is 9. The number of aliphatic hydroxyl groups excluding tert-OH is 1. The van der Waals surface area contributed by atoms with E-state index >= 15 is 4.39 Å². The summed E-state index contributed by atoms with van der Waals surface area (Å²) in [4.78, 5) is 15.1. The molecule has 2 atom stereocenters. The molecule has 1 saturated carbocycles. The summed E-state index contributed by atoms with van der Waals surface area (Å²) in [7, 11) is 1.82. The van der Waals surface area contributed by atoms with Gasteiger partial charge in [0.2, 0.25) is 0 Å². The Hall–Kier alpha value is -3.72. The van der Waals surface area contributed by atoms with Crippen LogP contribution in [0, 0.1) is 23.1 Å². The zero-order chi connectivity index (χ0) is 30.4. The molecule has 11 heteroatoms. The van der Waals surface area contributed by atoms with Crippen LogP contribution in [0.15, 0.2) is 61.3 Å². The van der Waals surface area contributed by atoms with Gasteiger partial charge >= 0.3 is 0 Å². The Labute approximate surface area is 254 Å². The molecular weight excluding hydrogens is 571 g/mol. The molecule has 1 aliphatic carbocycles. The Bertz CT molecular complexity index is 1670. The van der Waals surface area contributed by atoms with E-state index in [0.29, 0.717) is 57.2 Å². The van der Waals surface area contributed by atoms with Crippen LogP contribution < -0.4 is 0 Å². The number of imidazole rings is 1. The lowest BCUT2D eigenvalue weighted by atomic mass is 9.82. The second kappa shape index (κ2) is 11.4. The lowest BCUT2D eigenvalue weighted by molar-refractivity contribution is -0.155. The lowest BCUT2D eigenvalue weighted by Gasteiger charge is -2.42. The van der Waals surface area contributed by atoms with Gasteiger partial charge in [-0.2, -0.15) is 5.26 Å². The number of fused-ring (bicyclic) bond motifs is 1. The van der Waals surface area contributed by atoms with Gasteiger partial charge in [0.05, 0.1) is 36.8 Å². The number of hydrogen-bond acceptors (Lipinski definition) is 8. The van der Waals surface area contributed by atoms with Crippen molar-refractivity contribution in [3.05, 3.63) is 111 Å². The fourth-order valence-electron chi connectivity index (χ4n) is 6.20. The number of aromatic nitrogens is 4. The molecular formula is C32H32ClFN6O3. The molecule has 222 valence electrons. The quantitative estimate of drug-likeness (QED) is 0.287. The standard InChI is InChI=1S/C32H32ClFN6O3/c1-3-31(42,28-16-39(2)19-38-28)24-10-22-15-40(17-29-36-13-21(12-35)14-37-29)32(30(22)27(34)11-24,23-4-6-25(33)7-5-23)43-18-20-8-26(41)9-20/h4-7,10-11,13-14,16,19-20,26,41-42H,3,8-9,15,17-18H2,1-2H3/t20?,26?,31?,32-/m1/s1. The molecule has 0 radical (unpaired) electrons. The monoisotopic (exact) mass is 602 g/mol. The van der Waals surface area contributed by atoms with E-state index < -0.39 is 17.1 Å². The van der Waals surface area contributed by atoms with Crippen molar-refractivity contribution in [3.63, 3.8) is 0 Å². The minimum atomic E-state index is -1.51. The van der Waals surface area contributed by atoms with Gasteiger partial charge in [0.25, 0.3) is 0 Å². The maximum Gasteiger partial charge on any atom is 0.177 e. The van der Waals surface area contributed by atoms with E-state index in [2.05, 4.69) is 15.0 Å². The Morgan fingerprint density at radius 2 is 1.91 bits per heavy atom. The first-order valence-corrected chi connectivity index (χ1v) is 14.6. The average Bonchev–Trinajstić information content (AvgIpc) is 3.57. The number of nitriles is 1. The number of nitrogens with zero attached hydrogens (tertiary/aromatic N) is 6. The van der Waals surface area contributed by atoms with Crippen molar-refractivity contribution in [1.29, 1.82) is 5.26 Å². The van der Waals surface area contributed by atoms with Crippen LogP contribution in [0.4, 0.5) is 4.39 Å². The number of hydrogen-bond donors (Lipinski definition) is 2. The van der Waals surface area contributed by atoms with Gasteiger partial charge in [0.15, 0.2) is 5.72 Å². The van der Waals surface area contributed by atoms with Crippen molar-refractivity contribution in [1.82, 2.24) is 24.4 Å². The first-order valence-electron chi connectivity index (χ1n) is 14.2. The minimum Gasteiger partial charge on any atom is -0.393 e. The van der Waals surface area contributed by atoms with Crippen LogP contribution in [-0.4, -0.2) is 47.3 Å². The average molecular weight is 603 g/mol. The summed E-state index contributed by atoms with van der Waals surface area (Å²) in [5, 5.41) is 31.5. The molecule has 2 aliphatic rings. The summed E-state index contributed by atoms with van der Waals surface area (Å²) in [6.07, 6.45) is 7.39. The zero-order valence-corrected chi connectivity index (χ0v) is 24.7. The van der Waals surface area contributed by atoms with Gasteiger partial charge in [-0.3, -0.25) is 4.90 Å². The Morgan fingerprint density at radius 3 is 2.51 bits per heavy atom. The van der Waals surface area contributed by atoms with Crippen LogP contribution in [0.2, 0.25) is 5.02 Å². The van der Waals surface area contributed by atoms with Gasteiger partial charge in [-0.05, 0) is 54.5 Å². The van der Waals surface area contributed by atoms with Gasteiger partial charge in [-0.15, -0.1) is 0 Å². The van der Waals surface area contributed by atoms with Gasteiger partial charge in [-0.25, -0.2) is 19.3 Å². The minimum absolute atomic E-state index is 0.118. The predicted molar refractivity (Wildman–Crippen MR) is 156 cm³/mol. The molecule has 0 amide bonds. The van der Waals surface area contributed by atoms with Gasteiger partial charge in [0, 0.05) is 48.3 Å². The van der Waals surface area contributed by atoms with Crippen molar-refractivity contribution < 1.29 is 19.3 Å². The lowest BCUT2D eigenvalue weighted by Crippen LogP contribution is -2.47. The molecule has 4 aromatic rings. The van der Waals surface area contributed by atoms with Gasteiger partial charge < -0.3 is 19.5 Å². The smallest absolute Gasteiger partial charge is 0.177 e. The first kappa shape index (κ1) is 29.4. The maximum absolute atomic E-state index is 16.7. The van der Waals surface area contributed by atoms with E-state index in [0.717, 1.165) is 0 Å². The van der Waals surface area contributed by atoms with E-state index in [4.69, 9.17) is 16.3 Å². The number of halogens is 2. The molecule has 1 fully saturated rings. The van der Waals surface area contributed by atoms with Crippen LogP contribution in [0.25, 0.3) is 0 Å². The largest absolute Gasteiger partial charge is 0.393 e. The molecule has 0 saturated heterocycles. The molecule has 2 aromatic heterocycles. The Kier molecular flexibility index (Phi) is 7.79. The molecule has 6 rings (SSSR count). The van der Waals surface area contributed by atoms with E-state index in [1.807, 2.05) is 43.1 Å². The zero-order valence-electron chi connectivity index (χ0n) is 23.9. The molecule has 3 heterocycles. The Morgan fingerprint density at radius 1 is 1.19 bits per heavy atom. The summed E-state index contributed by atoms with van der Waals surface area (Å²) in [6, 6.07) is 12.4. The molecule has 43 heavy (non-hydrogen) atoms. The highest BCUT2D eigenvalue weighted by atomic mass is 35.5. The molecule has 2 N–H and O–H groups in total. The van der Waals surface area contributed by atoms with Crippen molar-refractivity contribution in [2.75, 3.05) is 6.61 Å². The highest BCUT2D eigenvalue weighted by Crippen LogP contribution is 2.49. The summed E-state index contributed by atoms with van der Waals surface area (Å²) in [5.41, 5.74) is -0.0633.